The molecule has 4 nitrogen and oxygen atoms in total. The van der Waals surface area contributed by atoms with E-state index in [-0.39, 0.29) is 12.1 Å². The number of fused-ring (bicyclic) bond motifs is 1. The van der Waals surface area contributed by atoms with Gasteiger partial charge in [-0.15, -0.1) is 0 Å². The van der Waals surface area contributed by atoms with Gasteiger partial charge in [0.05, 0.1) is 11.0 Å². The summed E-state index contributed by atoms with van der Waals surface area (Å²) in [6, 6.07) is 5.81. The number of rotatable bonds is 3. The molecule has 1 aromatic carbocycles. The number of aromatic nitrogens is 2. The Morgan fingerprint density at radius 2 is 2.22 bits per heavy atom. The topological polar surface area (TPSA) is 64.1 Å². The minimum Gasteiger partial charge on any atom is -0.399 e. The highest BCUT2D eigenvalue weighted by Crippen LogP contribution is 2.44. The fourth-order valence-corrected chi connectivity index (χ4v) is 3.10. The van der Waals surface area contributed by atoms with Gasteiger partial charge in [-0.3, -0.25) is 0 Å². The van der Waals surface area contributed by atoms with Gasteiger partial charge in [-0.05, 0) is 43.9 Å². The Morgan fingerprint density at radius 1 is 1.44 bits per heavy atom. The van der Waals surface area contributed by atoms with E-state index in [1.54, 1.807) is 0 Å². The first-order valence-electron chi connectivity index (χ1n) is 6.58. The van der Waals surface area contributed by atoms with Crippen molar-refractivity contribution in [2.75, 3.05) is 5.73 Å². The van der Waals surface area contributed by atoms with E-state index >= 15 is 0 Å². The lowest BCUT2D eigenvalue weighted by molar-refractivity contribution is 0.128. The Balaban J connectivity index is 2.25. The minimum absolute atomic E-state index is 0.0175. The zero-order chi connectivity index (χ0) is 12.8. The first kappa shape index (κ1) is 11.5. The molecule has 1 fully saturated rings. The van der Waals surface area contributed by atoms with Gasteiger partial charge in [0.15, 0.2) is 0 Å². The van der Waals surface area contributed by atoms with Crippen LogP contribution in [0.1, 0.15) is 38.4 Å². The number of anilines is 1. The Hall–Kier alpha value is -1.55. The molecule has 1 aromatic heterocycles. The summed E-state index contributed by atoms with van der Waals surface area (Å²) in [6.07, 6.45) is 4.68. The van der Waals surface area contributed by atoms with Crippen molar-refractivity contribution in [2.24, 2.45) is 0 Å². The summed E-state index contributed by atoms with van der Waals surface area (Å²) in [6.45, 7) is 2.19. The summed E-state index contributed by atoms with van der Waals surface area (Å²) in [4.78, 5) is 4.52. The predicted octanol–water partition coefficient (Wildman–Crippen LogP) is 2.40. The molecule has 1 heterocycles. The molecule has 0 unspecified atom stereocenters. The van der Waals surface area contributed by atoms with E-state index in [1.807, 2.05) is 18.2 Å². The van der Waals surface area contributed by atoms with Gasteiger partial charge in [0, 0.05) is 11.2 Å². The van der Waals surface area contributed by atoms with E-state index in [0.29, 0.717) is 0 Å². The smallest absolute Gasteiger partial charge is 0.136 e. The number of nitrogens with zero attached hydrogens (tertiary/aromatic N) is 2. The number of nitrogen functional groups attached to an aromatic ring is 1. The molecule has 0 radical (unpaired) electrons. The van der Waals surface area contributed by atoms with Crippen molar-refractivity contribution < 1.29 is 5.11 Å². The molecule has 0 atom stereocenters. The molecule has 0 amide bonds. The third-order valence-electron chi connectivity index (χ3n) is 4.31. The van der Waals surface area contributed by atoms with Gasteiger partial charge in [-0.2, -0.15) is 0 Å². The van der Waals surface area contributed by atoms with E-state index in [4.69, 9.17) is 5.73 Å². The largest absolute Gasteiger partial charge is 0.399 e. The normalized spacial score (nSPS) is 17.9. The van der Waals surface area contributed by atoms with E-state index in [2.05, 4.69) is 16.5 Å². The SMILES string of the molecule is CCC1(n2c(CO)nc3cc(N)ccc32)CCC1. The molecule has 2 aromatic rings. The predicted molar refractivity (Wildman–Crippen MR) is 72.2 cm³/mol. The van der Waals surface area contributed by atoms with E-state index in [1.165, 1.54) is 19.3 Å². The van der Waals surface area contributed by atoms with Gasteiger partial charge in [0.25, 0.3) is 0 Å². The van der Waals surface area contributed by atoms with E-state index in [0.717, 1.165) is 29.0 Å². The average Bonchev–Trinajstić information content (AvgIpc) is 2.67. The summed E-state index contributed by atoms with van der Waals surface area (Å²) < 4.78 is 2.24. The maximum atomic E-state index is 9.55. The second-order valence-corrected chi connectivity index (χ2v) is 5.20. The number of aliphatic hydroxyl groups excluding tert-OH is 1. The monoisotopic (exact) mass is 245 g/mol. The molecule has 0 saturated heterocycles. The third-order valence-corrected chi connectivity index (χ3v) is 4.31. The Kier molecular flexibility index (Phi) is 2.55. The number of benzene rings is 1. The number of aliphatic hydroxyl groups is 1. The van der Waals surface area contributed by atoms with Crippen LogP contribution in [0.5, 0.6) is 0 Å². The van der Waals surface area contributed by atoms with Crippen molar-refractivity contribution in [2.45, 2.75) is 44.8 Å². The second-order valence-electron chi connectivity index (χ2n) is 5.20. The lowest BCUT2D eigenvalue weighted by atomic mass is 9.74. The van der Waals surface area contributed by atoms with Crippen LogP contribution in [0.4, 0.5) is 5.69 Å². The Bertz CT molecular complexity index is 578. The molecule has 1 aliphatic rings. The van der Waals surface area contributed by atoms with Crippen LogP contribution in [0, 0.1) is 0 Å². The highest BCUT2D eigenvalue weighted by molar-refractivity contribution is 5.80. The molecule has 18 heavy (non-hydrogen) atoms. The van der Waals surface area contributed by atoms with E-state index in [9.17, 15) is 5.11 Å². The maximum absolute atomic E-state index is 9.55. The summed E-state index contributed by atoms with van der Waals surface area (Å²) >= 11 is 0. The zero-order valence-electron chi connectivity index (χ0n) is 10.7. The highest BCUT2D eigenvalue weighted by atomic mass is 16.3. The highest BCUT2D eigenvalue weighted by Gasteiger charge is 2.39. The van der Waals surface area contributed by atoms with Crippen molar-refractivity contribution in [1.29, 1.82) is 0 Å². The molecule has 0 aliphatic heterocycles. The van der Waals surface area contributed by atoms with Gasteiger partial charge in [0.2, 0.25) is 0 Å². The number of hydrogen-bond donors (Lipinski definition) is 2. The van der Waals surface area contributed by atoms with Crippen molar-refractivity contribution in [3.63, 3.8) is 0 Å². The fraction of sp³-hybridized carbons (Fsp3) is 0.500. The summed E-state index contributed by atoms with van der Waals surface area (Å²) in [5, 5.41) is 9.55. The molecule has 0 spiro atoms. The van der Waals surface area contributed by atoms with Crippen LogP contribution in [-0.4, -0.2) is 14.7 Å². The first-order chi connectivity index (χ1) is 8.70. The van der Waals surface area contributed by atoms with Gasteiger partial charge in [-0.25, -0.2) is 4.98 Å². The zero-order valence-corrected chi connectivity index (χ0v) is 10.7. The molecule has 1 saturated carbocycles. The van der Waals surface area contributed by atoms with Crippen molar-refractivity contribution in [3.8, 4) is 0 Å². The Labute approximate surface area is 106 Å². The van der Waals surface area contributed by atoms with Crippen molar-refractivity contribution >= 4 is 16.7 Å². The molecule has 0 bridgehead atoms. The quantitative estimate of drug-likeness (QED) is 0.816. The van der Waals surface area contributed by atoms with Crippen molar-refractivity contribution in [1.82, 2.24) is 9.55 Å². The molecule has 4 heteroatoms. The van der Waals surface area contributed by atoms with Crippen LogP contribution >= 0.6 is 0 Å². The third kappa shape index (κ3) is 1.45. The van der Waals surface area contributed by atoms with Crippen LogP contribution in [0.3, 0.4) is 0 Å². The van der Waals surface area contributed by atoms with Crippen LogP contribution in [0.2, 0.25) is 0 Å². The van der Waals surface area contributed by atoms with Gasteiger partial charge in [0.1, 0.15) is 12.4 Å². The summed E-state index contributed by atoms with van der Waals surface area (Å²) in [7, 11) is 0. The maximum Gasteiger partial charge on any atom is 0.136 e. The number of hydrogen-bond acceptors (Lipinski definition) is 3. The average molecular weight is 245 g/mol. The summed E-state index contributed by atoms with van der Waals surface area (Å²) in [5.74, 6) is 0.761. The molecule has 96 valence electrons. The molecule has 1 aliphatic carbocycles. The fourth-order valence-electron chi connectivity index (χ4n) is 3.10. The van der Waals surface area contributed by atoms with Crippen LogP contribution in [0.15, 0.2) is 18.2 Å². The minimum atomic E-state index is -0.0175. The molecular formula is C14H19N3O. The van der Waals surface area contributed by atoms with Gasteiger partial charge >= 0.3 is 0 Å². The first-order valence-corrected chi connectivity index (χ1v) is 6.58. The van der Waals surface area contributed by atoms with Crippen LogP contribution in [0.25, 0.3) is 11.0 Å². The van der Waals surface area contributed by atoms with Crippen LogP contribution in [-0.2, 0) is 12.1 Å². The number of nitrogens with two attached hydrogens (primary N) is 1. The lowest BCUT2D eigenvalue weighted by Gasteiger charge is -2.44. The lowest BCUT2D eigenvalue weighted by Crippen LogP contribution is -2.40. The second kappa shape index (κ2) is 3.99. The van der Waals surface area contributed by atoms with Gasteiger partial charge in [-0.1, -0.05) is 6.92 Å². The molecule has 3 N–H and O–H groups in total. The number of imidazole rings is 1. The molecule has 3 rings (SSSR count). The van der Waals surface area contributed by atoms with Crippen LogP contribution < -0.4 is 5.73 Å². The van der Waals surface area contributed by atoms with Gasteiger partial charge < -0.3 is 15.4 Å². The standard InChI is InChI=1S/C14H19N3O/c1-2-14(6-3-7-14)17-12-5-4-10(15)8-11(12)16-13(17)9-18/h4-5,8,18H,2-3,6-7,9,15H2,1H3. The van der Waals surface area contributed by atoms with Crippen molar-refractivity contribution in [3.05, 3.63) is 24.0 Å². The summed E-state index contributed by atoms with van der Waals surface area (Å²) in [5.41, 5.74) is 8.66. The Morgan fingerprint density at radius 3 is 2.78 bits per heavy atom. The van der Waals surface area contributed by atoms with E-state index < -0.39 is 0 Å². The molecular weight excluding hydrogens is 226 g/mol.